The van der Waals surface area contributed by atoms with Gasteiger partial charge in [-0.25, -0.2) is 8.42 Å². The Morgan fingerprint density at radius 1 is 1.24 bits per heavy atom. The van der Waals surface area contributed by atoms with Crippen molar-refractivity contribution in [2.24, 2.45) is 0 Å². The smallest absolute Gasteiger partial charge is 0.244 e. The quantitative estimate of drug-likeness (QED) is 0.906. The van der Waals surface area contributed by atoms with Gasteiger partial charge in [-0.1, -0.05) is 17.7 Å². The maximum Gasteiger partial charge on any atom is 0.244 e. The molecular formula is C14H22ClN3O2S. The largest absolute Gasteiger partial charge is 0.316 e. The SMILES string of the molecule is CNCc1ccc(Cl)c(S(=O)(=O)N2CCCN(C)CC2)c1. The average Bonchev–Trinajstić information content (AvgIpc) is 2.66. The van der Waals surface area contributed by atoms with Crippen molar-refractivity contribution in [1.82, 2.24) is 14.5 Å². The molecule has 2 rings (SSSR count). The van der Waals surface area contributed by atoms with Crippen LogP contribution in [0, 0.1) is 0 Å². The minimum absolute atomic E-state index is 0.210. The highest BCUT2D eigenvalue weighted by molar-refractivity contribution is 7.89. The second kappa shape index (κ2) is 7.07. The van der Waals surface area contributed by atoms with Crippen molar-refractivity contribution in [3.63, 3.8) is 0 Å². The summed E-state index contributed by atoms with van der Waals surface area (Å²) < 4.78 is 27.2. The number of nitrogens with one attached hydrogen (secondary N) is 1. The van der Waals surface area contributed by atoms with Gasteiger partial charge in [-0.2, -0.15) is 4.31 Å². The number of benzene rings is 1. The zero-order chi connectivity index (χ0) is 15.5. The maximum atomic E-state index is 12.8. The fraction of sp³-hybridized carbons (Fsp3) is 0.571. The Bertz CT molecular complexity index is 592. The fourth-order valence-electron chi connectivity index (χ4n) is 2.46. The summed E-state index contributed by atoms with van der Waals surface area (Å²) >= 11 is 6.13. The topological polar surface area (TPSA) is 52.7 Å². The lowest BCUT2D eigenvalue weighted by atomic mass is 10.2. The molecule has 0 amide bonds. The monoisotopic (exact) mass is 331 g/mol. The van der Waals surface area contributed by atoms with Crippen molar-refractivity contribution in [1.29, 1.82) is 0 Å². The van der Waals surface area contributed by atoms with E-state index in [0.29, 0.717) is 19.6 Å². The van der Waals surface area contributed by atoms with Crippen molar-refractivity contribution in [2.75, 3.05) is 40.3 Å². The van der Waals surface area contributed by atoms with Crippen LogP contribution in [0.15, 0.2) is 23.1 Å². The molecule has 0 saturated carbocycles. The zero-order valence-electron chi connectivity index (χ0n) is 12.5. The van der Waals surface area contributed by atoms with E-state index in [1.807, 2.05) is 20.2 Å². The lowest BCUT2D eigenvalue weighted by Gasteiger charge is -2.21. The van der Waals surface area contributed by atoms with E-state index in [2.05, 4.69) is 10.2 Å². The highest BCUT2D eigenvalue weighted by Crippen LogP contribution is 2.26. The van der Waals surface area contributed by atoms with Crippen molar-refractivity contribution >= 4 is 21.6 Å². The molecule has 5 nitrogen and oxygen atoms in total. The molecule has 0 atom stereocenters. The van der Waals surface area contributed by atoms with E-state index >= 15 is 0 Å². The normalized spacial score (nSPS) is 18.6. The van der Waals surface area contributed by atoms with Crippen LogP contribution in [0.2, 0.25) is 5.02 Å². The van der Waals surface area contributed by atoms with Gasteiger partial charge in [0.2, 0.25) is 10.0 Å². The van der Waals surface area contributed by atoms with Crippen LogP contribution >= 0.6 is 11.6 Å². The molecule has 1 N–H and O–H groups in total. The Morgan fingerprint density at radius 3 is 2.71 bits per heavy atom. The Hall–Kier alpha value is -0.660. The van der Waals surface area contributed by atoms with E-state index in [1.165, 1.54) is 0 Å². The molecule has 1 saturated heterocycles. The third kappa shape index (κ3) is 3.96. The molecule has 118 valence electrons. The van der Waals surface area contributed by atoms with E-state index in [9.17, 15) is 8.42 Å². The summed E-state index contributed by atoms with van der Waals surface area (Å²) in [5.74, 6) is 0. The van der Waals surface area contributed by atoms with Gasteiger partial charge in [-0.05, 0) is 44.8 Å². The minimum atomic E-state index is -3.53. The minimum Gasteiger partial charge on any atom is -0.316 e. The molecule has 1 fully saturated rings. The van der Waals surface area contributed by atoms with Crippen LogP contribution in [0.5, 0.6) is 0 Å². The number of rotatable bonds is 4. The lowest BCUT2D eigenvalue weighted by Crippen LogP contribution is -2.34. The van der Waals surface area contributed by atoms with E-state index in [4.69, 9.17) is 11.6 Å². The summed E-state index contributed by atoms with van der Waals surface area (Å²) in [5, 5.41) is 3.30. The first kappa shape index (κ1) is 16.7. The summed E-state index contributed by atoms with van der Waals surface area (Å²) in [6, 6.07) is 5.17. The molecule has 1 aliphatic rings. The summed E-state index contributed by atoms with van der Waals surface area (Å²) in [5.41, 5.74) is 0.910. The van der Waals surface area contributed by atoms with Gasteiger partial charge in [0.1, 0.15) is 4.90 Å². The van der Waals surface area contributed by atoms with E-state index in [0.717, 1.165) is 25.1 Å². The molecule has 0 radical (unpaired) electrons. The van der Waals surface area contributed by atoms with Crippen molar-refractivity contribution < 1.29 is 8.42 Å². The van der Waals surface area contributed by atoms with Crippen LogP contribution in [-0.2, 0) is 16.6 Å². The molecule has 1 aromatic rings. The van der Waals surface area contributed by atoms with Crippen molar-refractivity contribution in [2.45, 2.75) is 17.9 Å². The lowest BCUT2D eigenvalue weighted by molar-refractivity contribution is 0.347. The zero-order valence-corrected chi connectivity index (χ0v) is 14.0. The van der Waals surface area contributed by atoms with Crippen LogP contribution in [-0.4, -0.2) is 57.9 Å². The van der Waals surface area contributed by atoms with Crippen molar-refractivity contribution in [3.05, 3.63) is 28.8 Å². The first-order valence-corrected chi connectivity index (χ1v) is 8.88. The van der Waals surface area contributed by atoms with Gasteiger partial charge in [0.15, 0.2) is 0 Å². The molecule has 0 aromatic heterocycles. The Kier molecular flexibility index (Phi) is 5.62. The number of likely N-dealkylation sites (N-methyl/N-ethyl adjacent to an activating group) is 1. The number of halogens is 1. The van der Waals surface area contributed by atoms with Crippen LogP contribution in [0.4, 0.5) is 0 Å². The second-order valence-corrected chi connectivity index (χ2v) is 7.67. The molecule has 21 heavy (non-hydrogen) atoms. The summed E-state index contributed by atoms with van der Waals surface area (Å²) in [6.07, 6.45) is 0.837. The second-order valence-electron chi connectivity index (χ2n) is 5.36. The van der Waals surface area contributed by atoms with Crippen LogP contribution < -0.4 is 5.32 Å². The number of hydrogen-bond donors (Lipinski definition) is 1. The Balaban J connectivity index is 2.32. The summed E-state index contributed by atoms with van der Waals surface area (Å²) in [6.45, 7) is 3.32. The standard InChI is InChI=1S/C14H22ClN3O2S/c1-16-11-12-4-5-13(15)14(10-12)21(19,20)18-7-3-6-17(2)8-9-18/h4-5,10,16H,3,6-9,11H2,1-2H3. The molecule has 1 heterocycles. The van der Waals surface area contributed by atoms with Gasteiger partial charge in [-0.3, -0.25) is 0 Å². The molecule has 7 heteroatoms. The van der Waals surface area contributed by atoms with Gasteiger partial charge in [-0.15, -0.1) is 0 Å². The van der Waals surface area contributed by atoms with Crippen LogP contribution in [0.25, 0.3) is 0 Å². The Morgan fingerprint density at radius 2 is 2.00 bits per heavy atom. The number of hydrogen-bond acceptors (Lipinski definition) is 4. The molecule has 0 bridgehead atoms. The highest BCUT2D eigenvalue weighted by Gasteiger charge is 2.28. The van der Waals surface area contributed by atoms with Gasteiger partial charge >= 0.3 is 0 Å². The number of sulfonamides is 1. The summed E-state index contributed by atoms with van der Waals surface area (Å²) in [7, 11) is 0.304. The van der Waals surface area contributed by atoms with Crippen molar-refractivity contribution in [3.8, 4) is 0 Å². The molecule has 1 aromatic carbocycles. The first-order chi connectivity index (χ1) is 9.95. The predicted octanol–water partition coefficient (Wildman–Crippen LogP) is 1.39. The van der Waals surface area contributed by atoms with Gasteiger partial charge in [0, 0.05) is 26.2 Å². The highest BCUT2D eigenvalue weighted by atomic mass is 35.5. The molecule has 0 aliphatic carbocycles. The van der Waals surface area contributed by atoms with Crippen LogP contribution in [0.1, 0.15) is 12.0 Å². The van der Waals surface area contributed by atoms with Gasteiger partial charge in [0.25, 0.3) is 0 Å². The van der Waals surface area contributed by atoms with E-state index in [1.54, 1.807) is 16.4 Å². The van der Waals surface area contributed by atoms with Crippen LogP contribution in [0.3, 0.4) is 0 Å². The van der Waals surface area contributed by atoms with Gasteiger partial charge < -0.3 is 10.2 Å². The first-order valence-electron chi connectivity index (χ1n) is 7.07. The fourth-order valence-corrected chi connectivity index (χ4v) is 4.46. The molecule has 0 unspecified atom stereocenters. The van der Waals surface area contributed by atoms with E-state index in [-0.39, 0.29) is 9.92 Å². The number of nitrogens with zero attached hydrogens (tertiary/aromatic N) is 2. The molecule has 1 aliphatic heterocycles. The van der Waals surface area contributed by atoms with E-state index < -0.39 is 10.0 Å². The predicted molar refractivity (Wildman–Crippen MR) is 85.1 cm³/mol. The maximum absolute atomic E-state index is 12.8. The van der Waals surface area contributed by atoms with Gasteiger partial charge in [0.05, 0.1) is 5.02 Å². The average molecular weight is 332 g/mol. The third-order valence-electron chi connectivity index (χ3n) is 3.67. The molecule has 0 spiro atoms. The third-order valence-corrected chi connectivity index (χ3v) is 6.05. The summed E-state index contributed by atoms with van der Waals surface area (Å²) in [4.78, 5) is 2.36. The Labute approximate surface area is 131 Å². The molecular weight excluding hydrogens is 310 g/mol.